The number of hydrogen-bond donors (Lipinski definition) is 1. The van der Waals surface area contributed by atoms with Gasteiger partial charge in [0.05, 0.1) is 11.3 Å². The van der Waals surface area contributed by atoms with E-state index in [0.717, 1.165) is 54.3 Å². The monoisotopic (exact) mass is 451 g/mol. The third kappa shape index (κ3) is 4.68. The molecule has 1 aromatic carbocycles. The fourth-order valence-corrected chi connectivity index (χ4v) is 5.98. The van der Waals surface area contributed by atoms with Crippen molar-refractivity contribution >= 4 is 34.0 Å². The summed E-state index contributed by atoms with van der Waals surface area (Å²) in [7, 11) is 0. The molecule has 2 aromatic heterocycles. The Balaban J connectivity index is 1.46. The van der Waals surface area contributed by atoms with Crippen molar-refractivity contribution in [3.8, 4) is 17.5 Å². The molecule has 0 unspecified atom stereocenters. The Bertz CT molecular complexity index is 1140. The van der Waals surface area contributed by atoms with Crippen LogP contribution in [0.15, 0.2) is 29.4 Å². The highest BCUT2D eigenvalue weighted by atomic mass is 32.2. The lowest BCUT2D eigenvalue weighted by molar-refractivity contribution is -0.113. The predicted octanol–water partition coefficient (Wildman–Crippen LogP) is 5.21. The maximum absolute atomic E-state index is 12.7. The van der Waals surface area contributed by atoms with Gasteiger partial charge in [-0.05, 0) is 51.2 Å². The Kier molecular flexibility index (Phi) is 6.73. The lowest BCUT2D eigenvalue weighted by Crippen LogP contribution is -2.14. The fraction of sp³-hybridized carbons (Fsp3) is 0.391. The second-order valence-corrected chi connectivity index (χ2v) is 9.68. The Hall–Kier alpha value is -2.63. The zero-order chi connectivity index (χ0) is 21.8. The Morgan fingerprint density at radius 3 is 2.90 bits per heavy atom. The van der Waals surface area contributed by atoms with E-state index in [1.54, 1.807) is 11.3 Å². The van der Waals surface area contributed by atoms with Crippen molar-refractivity contribution < 1.29 is 4.79 Å². The summed E-state index contributed by atoms with van der Waals surface area (Å²) < 4.78 is 2.03. The largest absolute Gasteiger partial charge is 0.316 e. The quantitative estimate of drug-likeness (QED) is 0.411. The number of nitriles is 1. The third-order valence-corrected chi connectivity index (χ3v) is 7.60. The number of benzene rings is 1. The first kappa shape index (κ1) is 21.6. The van der Waals surface area contributed by atoms with Gasteiger partial charge in [0.2, 0.25) is 5.91 Å². The van der Waals surface area contributed by atoms with Crippen molar-refractivity contribution in [1.82, 2.24) is 14.8 Å². The number of thiophene rings is 1. The van der Waals surface area contributed by atoms with Gasteiger partial charge in [-0.15, -0.1) is 21.5 Å². The minimum absolute atomic E-state index is 0.124. The molecule has 160 valence electrons. The SMILES string of the molecule is CCn1c(SCC(=O)Nc2sc3c(c2C#N)CCCCC3)nnc1-c1cccc(C)c1. The van der Waals surface area contributed by atoms with Gasteiger partial charge in [0.1, 0.15) is 11.1 Å². The molecule has 0 fully saturated rings. The Morgan fingerprint density at radius 2 is 2.13 bits per heavy atom. The second kappa shape index (κ2) is 9.67. The number of carbonyl (C=O) groups excluding carboxylic acids is 1. The van der Waals surface area contributed by atoms with E-state index in [2.05, 4.69) is 40.6 Å². The van der Waals surface area contributed by atoms with Gasteiger partial charge < -0.3 is 9.88 Å². The molecule has 0 radical (unpaired) electrons. The van der Waals surface area contributed by atoms with Crippen LogP contribution in [-0.2, 0) is 24.2 Å². The normalized spacial score (nSPS) is 13.3. The summed E-state index contributed by atoms with van der Waals surface area (Å²) in [6.45, 7) is 4.82. The zero-order valence-corrected chi connectivity index (χ0v) is 19.4. The summed E-state index contributed by atoms with van der Waals surface area (Å²) in [6, 6.07) is 10.5. The van der Waals surface area contributed by atoms with Crippen LogP contribution in [0.4, 0.5) is 5.00 Å². The molecule has 3 aromatic rings. The van der Waals surface area contributed by atoms with Crippen LogP contribution in [0.1, 0.15) is 47.8 Å². The molecule has 0 spiro atoms. The van der Waals surface area contributed by atoms with Crippen LogP contribution in [0.5, 0.6) is 0 Å². The third-order valence-electron chi connectivity index (χ3n) is 5.43. The smallest absolute Gasteiger partial charge is 0.235 e. The van der Waals surface area contributed by atoms with Gasteiger partial charge in [-0.25, -0.2) is 0 Å². The molecular formula is C23H25N5OS2. The molecule has 8 heteroatoms. The van der Waals surface area contributed by atoms with Crippen molar-refractivity contribution in [3.63, 3.8) is 0 Å². The maximum Gasteiger partial charge on any atom is 0.235 e. The van der Waals surface area contributed by atoms with E-state index >= 15 is 0 Å². The number of thioether (sulfide) groups is 1. The number of nitrogens with zero attached hydrogens (tertiary/aromatic N) is 4. The molecule has 0 saturated heterocycles. The molecular weight excluding hydrogens is 426 g/mol. The van der Waals surface area contributed by atoms with E-state index in [9.17, 15) is 10.1 Å². The number of rotatable bonds is 6. The summed E-state index contributed by atoms with van der Waals surface area (Å²) in [5.41, 5.74) is 3.98. The van der Waals surface area contributed by atoms with Crippen molar-refractivity contribution in [3.05, 3.63) is 45.8 Å². The lowest BCUT2D eigenvalue weighted by atomic mass is 10.1. The van der Waals surface area contributed by atoms with Gasteiger partial charge in [-0.3, -0.25) is 4.79 Å². The molecule has 1 N–H and O–H groups in total. The number of amides is 1. The molecule has 31 heavy (non-hydrogen) atoms. The first-order valence-electron chi connectivity index (χ1n) is 10.6. The van der Waals surface area contributed by atoms with Gasteiger partial charge >= 0.3 is 0 Å². The molecule has 6 nitrogen and oxygen atoms in total. The number of aromatic nitrogens is 3. The van der Waals surface area contributed by atoms with Crippen molar-refractivity contribution in [1.29, 1.82) is 5.26 Å². The summed E-state index contributed by atoms with van der Waals surface area (Å²) >= 11 is 2.93. The van der Waals surface area contributed by atoms with Crippen LogP contribution >= 0.6 is 23.1 Å². The highest BCUT2D eigenvalue weighted by Crippen LogP contribution is 2.37. The van der Waals surface area contributed by atoms with Crippen LogP contribution in [0, 0.1) is 18.3 Å². The number of anilines is 1. The van der Waals surface area contributed by atoms with Gasteiger partial charge in [0.25, 0.3) is 0 Å². The second-order valence-electron chi connectivity index (χ2n) is 7.64. The molecule has 1 aliphatic rings. The molecule has 1 amide bonds. The summed E-state index contributed by atoms with van der Waals surface area (Å²) in [5.74, 6) is 0.905. The molecule has 0 bridgehead atoms. The van der Waals surface area contributed by atoms with E-state index in [1.807, 2.05) is 23.6 Å². The van der Waals surface area contributed by atoms with E-state index in [-0.39, 0.29) is 11.7 Å². The first-order valence-corrected chi connectivity index (χ1v) is 12.4. The number of carbonyl (C=O) groups is 1. The van der Waals surface area contributed by atoms with Gasteiger partial charge in [-0.1, -0.05) is 41.9 Å². The summed E-state index contributed by atoms with van der Waals surface area (Å²) in [6.07, 6.45) is 5.39. The molecule has 2 heterocycles. The highest BCUT2D eigenvalue weighted by Gasteiger charge is 2.21. The predicted molar refractivity (Wildman–Crippen MR) is 126 cm³/mol. The molecule has 0 aliphatic heterocycles. The summed E-state index contributed by atoms with van der Waals surface area (Å²) in [4.78, 5) is 13.9. The molecule has 0 saturated carbocycles. The Morgan fingerprint density at radius 1 is 1.29 bits per heavy atom. The zero-order valence-electron chi connectivity index (χ0n) is 17.8. The Labute approximate surface area is 190 Å². The van der Waals surface area contributed by atoms with Gasteiger partial charge in [-0.2, -0.15) is 5.26 Å². The number of aryl methyl sites for hydroxylation is 2. The number of nitrogens with one attached hydrogen (secondary N) is 1. The maximum atomic E-state index is 12.7. The minimum atomic E-state index is -0.124. The average molecular weight is 452 g/mol. The van der Waals surface area contributed by atoms with Gasteiger partial charge in [0, 0.05) is 17.0 Å². The standard InChI is InChI=1S/C23H25N5OS2/c1-3-28-21(16-9-7-8-15(2)12-16)26-27-23(28)30-14-20(29)25-22-18(13-24)17-10-5-4-6-11-19(17)31-22/h7-9,12H,3-6,10-11,14H2,1-2H3,(H,25,29). The van der Waals surface area contributed by atoms with E-state index in [4.69, 9.17) is 0 Å². The minimum Gasteiger partial charge on any atom is -0.316 e. The van der Waals surface area contributed by atoms with Crippen LogP contribution in [0.25, 0.3) is 11.4 Å². The van der Waals surface area contributed by atoms with Crippen LogP contribution < -0.4 is 5.32 Å². The molecule has 4 rings (SSSR count). The van der Waals surface area contributed by atoms with E-state index < -0.39 is 0 Å². The first-order chi connectivity index (χ1) is 15.1. The van der Waals surface area contributed by atoms with Gasteiger partial charge in [0.15, 0.2) is 11.0 Å². The topological polar surface area (TPSA) is 83.6 Å². The highest BCUT2D eigenvalue weighted by molar-refractivity contribution is 7.99. The van der Waals surface area contributed by atoms with Crippen LogP contribution in [0.2, 0.25) is 0 Å². The van der Waals surface area contributed by atoms with Crippen molar-refractivity contribution in [2.75, 3.05) is 11.1 Å². The number of hydrogen-bond acceptors (Lipinski definition) is 6. The lowest BCUT2D eigenvalue weighted by Gasteiger charge is -2.08. The van der Waals surface area contributed by atoms with Crippen LogP contribution in [0.3, 0.4) is 0 Å². The molecule has 1 aliphatic carbocycles. The van der Waals surface area contributed by atoms with Crippen molar-refractivity contribution in [2.24, 2.45) is 0 Å². The molecule has 0 atom stereocenters. The summed E-state index contributed by atoms with van der Waals surface area (Å²) in [5, 5.41) is 22.7. The fourth-order valence-electron chi connectivity index (χ4n) is 3.92. The van der Waals surface area contributed by atoms with E-state index in [1.165, 1.54) is 28.6 Å². The van der Waals surface area contributed by atoms with E-state index in [0.29, 0.717) is 10.6 Å². The van der Waals surface area contributed by atoms with Crippen LogP contribution in [-0.4, -0.2) is 26.4 Å². The number of fused-ring (bicyclic) bond motifs is 1. The average Bonchev–Trinajstić information content (AvgIpc) is 3.24. The van der Waals surface area contributed by atoms with Crippen molar-refractivity contribution in [2.45, 2.75) is 57.7 Å².